The molecule has 23 N–H and O–H groups in total. The summed E-state index contributed by atoms with van der Waals surface area (Å²) in [5, 5.41) is 47.2. The molecule has 0 saturated carbocycles. The van der Waals surface area contributed by atoms with Gasteiger partial charge in [0, 0.05) is 26.2 Å². The highest BCUT2D eigenvalue weighted by Gasteiger charge is 2.29. The highest BCUT2D eigenvalue weighted by molar-refractivity contribution is 5.94. The Kier molecular flexibility index (Phi) is 19.9. The molecule has 0 unspecified atom stereocenters. The standard InChI is InChI=1S/C24H51N17O4/c25-13(5-1-9-35-21(27)28)18(43)40-15(7-3-11-37-23(31)32)20(45)41-16(8-4-12-38-24(33)34)19(44)39-14(17(26)42)6-2-10-36-22(29)30/h13-16H,1-12,25H2,(H2,26,42)(H,39,44)(H,40,43)(H,41,45)(H4,27,28,35)(H4,29,30,36)(H4,31,32,37)(H4,33,34,38)/t13-,14+,15+,16+/m0/s1. The van der Waals surface area contributed by atoms with E-state index in [0.29, 0.717) is 32.2 Å². The molecule has 0 aliphatic carbocycles. The quantitative estimate of drug-likeness (QED) is 0.0281. The molecule has 4 amide bonds. The van der Waals surface area contributed by atoms with Gasteiger partial charge < -0.3 is 71.6 Å². The van der Waals surface area contributed by atoms with Crippen LogP contribution >= 0.6 is 0 Å². The average molecular weight is 642 g/mol. The Hall–Kier alpha value is -5.08. The molecule has 0 aromatic rings. The molecule has 0 aromatic heterocycles. The van der Waals surface area contributed by atoms with E-state index in [-0.39, 0.29) is 69.2 Å². The van der Waals surface area contributed by atoms with Crippen LogP contribution in [0, 0.1) is 21.6 Å². The van der Waals surface area contributed by atoms with Crippen LogP contribution in [-0.2, 0) is 19.2 Å². The number of primary amides is 1. The van der Waals surface area contributed by atoms with Crippen molar-refractivity contribution in [3.63, 3.8) is 0 Å². The minimum atomic E-state index is -1.16. The number of nitrogens with two attached hydrogens (primary N) is 6. The second kappa shape index (κ2) is 22.5. The van der Waals surface area contributed by atoms with Crippen LogP contribution in [0.5, 0.6) is 0 Å². The van der Waals surface area contributed by atoms with Crippen LogP contribution < -0.4 is 71.6 Å². The highest BCUT2D eigenvalue weighted by atomic mass is 16.2. The number of hydrogen-bond donors (Lipinski definition) is 17. The summed E-state index contributed by atoms with van der Waals surface area (Å²) in [6.45, 7) is 1.04. The summed E-state index contributed by atoms with van der Waals surface area (Å²) in [6.07, 6.45) is 1.92. The van der Waals surface area contributed by atoms with Gasteiger partial charge >= 0.3 is 0 Å². The van der Waals surface area contributed by atoms with Crippen molar-refractivity contribution in [2.45, 2.75) is 75.5 Å². The first-order valence-corrected chi connectivity index (χ1v) is 14.4. The molecule has 4 atom stereocenters. The van der Waals surface area contributed by atoms with E-state index in [0.717, 1.165) is 0 Å². The van der Waals surface area contributed by atoms with E-state index in [1.807, 2.05) is 0 Å². The molecule has 0 aliphatic heterocycles. The van der Waals surface area contributed by atoms with Crippen LogP contribution in [0.2, 0.25) is 0 Å². The number of carbonyl (C=O) groups excluding carboxylic acids is 4. The number of rotatable bonds is 23. The van der Waals surface area contributed by atoms with Gasteiger partial charge in [0.25, 0.3) is 0 Å². The molecule has 0 aliphatic rings. The number of hydrogen-bond acceptors (Lipinski definition) is 9. The summed E-state index contributed by atoms with van der Waals surface area (Å²) in [6, 6.07) is -4.34. The van der Waals surface area contributed by atoms with E-state index in [4.69, 9.17) is 56.0 Å². The number of nitrogens with one attached hydrogen (secondary N) is 11. The fraction of sp³-hybridized carbons (Fsp3) is 0.667. The largest absolute Gasteiger partial charge is 0.370 e. The summed E-state index contributed by atoms with van der Waals surface area (Å²) >= 11 is 0. The molecule has 256 valence electrons. The first-order chi connectivity index (χ1) is 21.1. The lowest BCUT2D eigenvalue weighted by Gasteiger charge is -2.26. The van der Waals surface area contributed by atoms with Gasteiger partial charge in [-0.15, -0.1) is 0 Å². The third-order valence-corrected chi connectivity index (χ3v) is 6.23. The molecule has 0 spiro atoms. The normalized spacial score (nSPS) is 13.1. The smallest absolute Gasteiger partial charge is 0.243 e. The van der Waals surface area contributed by atoms with Crippen molar-refractivity contribution in [1.29, 1.82) is 21.6 Å². The van der Waals surface area contributed by atoms with E-state index >= 15 is 0 Å². The van der Waals surface area contributed by atoms with Gasteiger partial charge in [-0.2, -0.15) is 0 Å². The molecular weight excluding hydrogens is 590 g/mol. The number of amides is 4. The van der Waals surface area contributed by atoms with Crippen molar-refractivity contribution in [3.05, 3.63) is 0 Å². The molecule has 0 fully saturated rings. The fourth-order valence-corrected chi connectivity index (χ4v) is 3.91. The third kappa shape index (κ3) is 20.5. The molecule has 0 saturated heterocycles. The predicted octanol–water partition coefficient (Wildman–Crippen LogP) is -5.69. The average Bonchev–Trinajstić information content (AvgIpc) is 2.94. The molecule has 0 heterocycles. The molecule has 0 radical (unpaired) electrons. The Labute approximate surface area is 261 Å². The summed E-state index contributed by atoms with van der Waals surface area (Å²) in [7, 11) is 0. The van der Waals surface area contributed by atoms with Crippen LogP contribution in [-0.4, -0.2) is 97.8 Å². The summed E-state index contributed by atoms with van der Waals surface area (Å²) < 4.78 is 0. The molecule has 21 nitrogen and oxygen atoms in total. The van der Waals surface area contributed by atoms with Gasteiger partial charge in [0.15, 0.2) is 23.8 Å². The molecule has 45 heavy (non-hydrogen) atoms. The minimum absolute atomic E-state index is 0.0739. The van der Waals surface area contributed by atoms with E-state index in [2.05, 4.69) is 37.2 Å². The maximum atomic E-state index is 13.4. The summed E-state index contributed by atoms with van der Waals surface area (Å²) in [5.41, 5.74) is 32.6. The van der Waals surface area contributed by atoms with Crippen molar-refractivity contribution >= 4 is 47.5 Å². The fourth-order valence-electron chi connectivity index (χ4n) is 3.91. The van der Waals surface area contributed by atoms with Crippen molar-refractivity contribution in [2.75, 3.05) is 26.2 Å². The predicted molar refractivity (Wildman–Crippen MR) is 170 cm³/mol. The summed E-state index contributed by atoms with van der Waals surface area (Å²) in [4.78, 5) is 51.6. The minimum Gasteiger partial charge on any atom is -0.370 e. The second-order valence-corrected chi connectivity index (χ2v) is 10.1. The SMILES string of the molecule is N=C(N)NCCC[C@H](N)C(=O)N[C@H](CCCNC(=N)N)C(=O)N[C@H](CCCNC(=N)N)C(=O)N[C@H](CCCNC(=N)N)C(N)=O. The van der Waals surface area contributed by atoms with Gasteiger partial charge in [-0.1, -0.05) is 0 Å². The third-order valence-electron chi connectivity index (χ3n) is 6.23. The maximum Gasteiger partial charge on any atom is 0.243 e. The molecular formula is C24H51N17O4. The van der Waals surface area contributed by atoms with Crippen LogP contribution in [0.15, 0.2) is 0 Å². The Balaban J connectivity index is 5.68. The van der Waals surface area contributed by atoms with Crippen molar-refractivity contribution < 1.29 is 19.2 Å². The van der Waals surface area contributed by atoms with E-state index in [1.165, 1.54) is 0 Å². The Morgan fingerprint density at radius 3 is 1.09 bits per heavy atom. The van der Waals surface area contributed by atoms with Crippen LogP contribution in [0.4, 0.5) is 0 Å². The van der Waals surface area contributed by atoms with Gasteiger partial charge in [-0.25, -0.2) is 0 Å². The Bertz CT molecular complexity index is 1020. The van der Waals surface area contributed by atoms with Crippen LogP contribution in [0.1, 0.15) is 51.4 Å². The monoisotopic (exact) mass is 641 g/mol. The van der Waals surface area contributed by atoms with E-state index in [9.17, 15) is 19.2 Å². The lowest BCUT2D eigenvalue weighted by molar-refractivity contribution is -0.133. The van der Waals surface area contributed by atoms with Gasteiger partial charge in [0.1, 0.15) is 18.1 Å². The zero-order valence-corrected chi connectivity index (χ0v) is 25.4. The van der Waals surface area contributed by atoms with Gasteiger partial charge in [-0.05, 0) is 51.4 Å². The van der Waals surface area contributed by atoms with Gasteiger partial charge in [-0.3, -0.25) is 40.8 Å². The van der Waals surface area contributed by atoms with Gasteiger partial charge in [0.2, 0.25) is 23.6 Å². The lowest BCUT2D eigenvalue weighted by atomic mass is 10.0. The zero-order chi connectivity index (χ0) is 34.4. The lowest BCUT2D eigenvalue weighted by Crippen LogP contribution is -2.57. The summed E-state index contributed by atoms with van der Waals surface area (Å²) in [5.74, 6) is -3.82. The molecule has 0 rings (SSSR count). The van der Waals surface area contributed by atoms with Crippen molar-refractivity contribution in [3.8, 4) is 0 Å². The molecule has 0 bridgehead atoms. The topological polar surface area (TPSA) is 404 Å². The highest BCUT2D eigenvalue weighted by Crippen LogP contribution is 2.06. The van der Waals surface area contributed by atoms with Crippen molar-refractivity contribution in [1.82, 2.24) is 37.2 Å². The maximum absolute atomic E-state index is 13.4. The molecule has 0 aromatic carbocycles. The first kappa shape index (κ1) is 39.9. The van der Waals surface area contributed by atoms with E-state index in [1.54, 1.807) is 0 Å². The number of guanidine groups is 4. The Morgan fingerprint density at radius 1 is 0.467 bits per heavy atom. The van der Waals surface area contributed by atoms with E-state index < -0.39 is 47.8 Å². The second-order valence-electron chi connectivity index (χ2n) is 10.1. The van der Waals surface area contributed by atoms with Crippen LogP contribution in [0.3, 0.4) is 0 Å². The van der Waals surface area contributed by atoms with Crippen LogP contribution in [0.25, 0.3) is 0 Å². The number of carbonyl (C=O) groups is 4. The zero-order valence-electron chi connectivity index (χ0n) is 25.4. The van der Waals surface area contributed by atoms with Gasteiger partial charge in [0.05, 0.1) is 6.04 Å². The first-order valence-electron chi connectivity index (χ1n) is 14.4. The Morgan fingerprint density at radius 2 is 0.756 bits per heavy atom. The molecule has 21 heteroatoms. The van der Waals surface area contributed by atoms with Crippen molar-refractivity contribution in [2.24, 2.45) is 34.4 Å².